The van der Waals surface area contributed by atoms with Gasteiger partial charge in [-0.25, -0.2) is 9.59 Å². The first-order valence-corrected chi connectivity index (χ1v) is 12.7. The van der Waals surface area contributed by atoms with Crippen LogP contribution in [0.25, 0.3) is 0 Å². The lowest BCUT2D eigenvalue weighted by atomic mass is 10.1. The third-order valence-electron chi connectivity index (χ3n) is 4.78. The van der Waals surface area contributed by atoms with Gasteiger partial charge in [0.1, 0.15) is 28.9 Å². The first-order chi connectivity index (χ1) is 17.0. The number of benzene rings is 3. The normalized spacial score (nSPS) is 12.3. The standard InChI is InChI=1S/C27H29NO7S/c1-27(2,3)34-26(30)28-24(25(29)33-19-20-11-6-4-7-12-20)18-21-13-10-14-22(17-21)35-36(31,32)23-15-8-5-9-16-23/h4-17,24H,18-19H2,1-3H3,(H,28,30)/t24-/m0/s1. The molecule has 36 heavy (non-hydrogen) atoms. The van der Waals surface area contributed by atoms with Crippen LogP contribution >= 0.6 is 0 Å². The van der Waals surface area contributed by atoms with Crippen LogP contribution in [-0.4, -0.2) is 32.1 Å². The van der Waals surface area contributed by atoms with Crippen LogP contribution in [0.4, 0.5) is 4.79 Å². The number of rotatable bonds is 9. The first-order valence-electron chi connectivity index (χ1n) is 11.3. The molecule has 0 aliphatic rings. The van der Waals surface area contributed by atoms with Gasteiger partial charge in [0.05, 0.1) is 0 Å². The Balaban J connectivity index is 1.76. The van der Waals surface area contributed by atoms with Crippen LogP contribution in [0.5, 0.6) is 5.75 Å². The molecule has 3 aromatic carbocycles. The number of carbonyl (C=O) groups excluding carboxylic acids is 2. The van der Waals surface area contributed by atoms with Gasteiger partial charge in [-0.05, 0) is 56.2 Å². The summed E-state index contributed by atoms with van der Waals surface area (Å²) >= 11 is 0. The first kappa shape index (κ1) is 26.7. The number of amides is 1. The zero-order chi connectivity index (χ0) is 26.2. The summed E-state index contributed by atoms with van der Waals surface area (Å²) in [6.45, 7) is 5.17. The predicted molar refractivity (Wildman–Crippen MR) is 134 cm³/mol. The second kappa shape index (κ2) is 11.7. The maximum absolute atomic E-state index is 12.9. The third kappa shape index (κ3) is 8.42. The molecule has 3 aromatic rings. The van der Waals surface area contributed by atoms with Crippen LogP contribution in [0.15, 0.2) is 89.8 Å². The van der Waals surface area contributed by atoms with Gasteiger partial charge in [-0.1, -0.05) is 60.7 Å². The number of nitrogens with one attached hydrogen (secondary N) is 1. The van der Waals surface area contributed by atoms with Gasteiger partial charge >= 0.3 is 22.2 Å². The molecular weight excluding hydrogens is 482 g/mol. The number of carbonyl (C=O) groups is 2. The monoisotopic (exact) mass is 511 g/mol. The summed E-state index contributed by atoms with van der Waals surface area (Å²) in [5.74, 6) is -0.585. The fourth-order valence-corrected chi connectivity index (χ4v) is 4.14. The Kier molecular flexibility index (Phi) is 8.71. The summed E-state index contributed by atoms with van der Waals surface area (Å²) in [6.07, 6.45) is -0.752. The molecule has 0 aliphatic heterocycles. The van der Waals surface area contributed by atoms with Gasteiger partial charge in [0, 0.05) is 6.42 Å². The van der Waals surface area contributed by atoms with E-state index < -0.39 is 33.8 Å². The smallest absolute Gasteiger partial charge is 0.408 e. The molecule has 9 heteroatoms. The maximum Gasteiger partial charge on any atom is 0.408 e. The van der Waals surface area contributed by atoms with Gasteiger partial charge < -0.3 is 19.0 Å². The van der Waals surface area contributed by atoms with Crippen LogP contribution in [0.3, 0.4) is 0 Å². The van der Waals surface area contributed by atoms with Crippen LogP contribution < -0.4 is 9.50 Å². The molecule has 0 fully saturated rings. The van der Waals surface area contributed by atoms with Crippen molar-refractivity contribution in [2.45, 2.75) is 50.3 Å². The van der Waals surface area contributed by atoms with E-state index in [0.717, 1.165) is 5.56 Å². The molecule has 0 heterocycles. The third-order valence-corrected chi connectivity index (χ3v) is 6.04. The van der Waals surface area contributed by atoms with Gasteiger partial charge in [-0.15, -0.1) is 0 Å². The highest BCUT2D eigenvalue weighted by Crippen LogP contribution is 2.21. The predicted octanol–water partition coefficient (Wildman–Crippen LogP) is 4.63. The fraction of sp³-hybridized carbons (Fsp3) is 0.259. The summed E-state index contributed by atoms with van der Waals surface area (Å²) in [6, 6.07) is 22.1. The van der Waals surface area contributed by atoms with Crippen molar-refractivity contribution >= 4 is 22.2 Å². The van der Waals surface area contributed by atoms with Crippen LogP contribution in [0, 0.1) is 0 Å². The second-order valence-electron chi connectivity index (χ2n) is 8.99. The molecule has 0 aromatic heterocycles. The van der Waals surface area contributed by atoms with Crippen LogP contribution in [0.2, 0.25) is 0 Å². The fourth-order valence-electron chi connectivity index (χ4n) is 3.19. The SMILES string of the molecule is CC(C)(C)OC(=O)N[C@@H](Cc1cccc(OS(=O)(=O)c2ccccc2)c1)C(=O)OCc1ccccc1. The molecule has 1 atom stereocenters. The molecule has 8 nitrogen and oxygen atoms in total. The van der Waals surface area contributed by atoms with Gasteiger partial charge in [0.15, 0.2) is 0 Å². The highest BCUT2D eigenvalue weighted by Gasteiger charge is 2.26. The summed E-state index contributed by atoms with van der Waals surface area (Å²) in [5.41, 5.74) is 0.583. The highest BCUT2D eigenvalue weighted by atomic mass is 32.2. The number of esters is 1. The zero-order valence-corrected chi connectivity index (χ0v) is 21.2. The lowest BCUT2D eigenvalue weighted by Gasteiger charge is -2.23. The lowest BCUT2D eigenvalue weighted by Crippen LogP contribution is -2.45. The molecule has 0 spiro atoms. The van der Waals surface area contributed by atoms with E-state index in [1.54, 1.807) is 51.1 Å². The van der Waals surface area contributed by atoms with Crippen LogP contribution in [0.1, 0.15) is 31.9 Å². The topological polar surface area (TPSA) is 108 Å². The van der Waals surface area contributed by atoms with Crippen molar-refractivity contribution in [2.75, 3.05) is 0 Å². The van der Waals surface area contributed by atoms with E-state index >= 15 is 0 Å². The lowest BCUT2D eigenvalue weighted by molar-refractivity contribution is -0.147. The summed E-state index contributed by atoms with van der Waals surface area (Å²) in [7, 11) is -4.03. The van der Waals surface area contributed by atoms with Crippen molar-refractivity contribution in [3.05, 3.63) is 96.1 Å². The van der Waals surface area contributed by atoms with E-state index in [-0.39, 0.29) is 23.7 Å². The van der Waals surface area contributed by atoms with E-state index in [1.165, 1.54) is 24.3 Å². The molecule has 0 unspecified atom stereocenters. The highest BCUT2D eigenvalue weighted by molar-refractivity contribution is 7.87. The molecule has 0 saturated carbocycles. The molecule has 0 radical (unpaired) electrons. The number of ether oxygens (including phenoxy) is 2. The summed E-state index contributed by atoms with van der Waals surface area (Å²) in [4.78, 5) is 25.3. The van der Waals surface area contributed by atoms with Gasteiger partial charge in [0.25, 0.3) is 0 Å². The Bertz CT molecular complexity index is 1270. The largest absolute Gasteiger partial charge is 0.459 e. The van der Waals surface area contributed by atoms with Gasteiger partial charge in [0.2, 0.25) is 0 Å². The van der Waals surface area contributed by atoms with Crippen molar-refractivity contribution in [2.24, 2.45) is 0 Å². The maximum atomic E-state index is 12.9. The van der Waals surface area contributed by atoms with Crippen molar-refractivity contribution < 1.29 is 31.7 Å². The Morgan fingerprint density at radius 3 is 2.11 bits per heavy atom. The van der Waals surface area contributed by atoms with Crippen LogP contribution in [-0.2, 0) is 37.4 Å². The molecule has 3 rings (SSSR count). The molecular formula is C27H29NO7S. The Morgan fingerprint density at radius 1 is 0.861 bits per heavy atom. The molecule has 1 N–H and O–H groups in total. The van der Waals surface area contributed by atoms with E-state index in [0.29, 0.717) is 5.56 Å². The Hall–Kier alpha value is -3.85. The zero-order valence-electron chi connectivity index (χ0n) is 20.3. The molecule has 0 saturated heterocycles. The average molecular weight is 512 g/mol. The Morgan fingerprint density at radius 2 is 1.47 bits per heavy atom. The minimum Gasteiger partial charge on any atom is -0.459 e. The van der Waals surface area contributed by atoms with E-state index in [1.807, 2.05) is 30.3 Å². The van der Waals surface area contributed by atoms with E-state index in [4.69, 9.17) is 13.7 Å². The van der Waals surface area contributed by atoms with Crippen molar-refractivity contribution in [3.8, 4) is 5.75 Å². The number of hydrogen-bond donors (Lipinski definition) is 1. The average Bonchev–Trinajstić information content (AvgIpc) is 2.82. The summed E-state index contributed by atoms with van der Waals surface area (Å²) < 4.78 is 41.1. The quantitative estimate of drug-likeness (QED) is 0.330. The number of hydrogen-bond acceptors (Lipinski definition) is 7. The van der Waals surface area contributed by atoms with E-state index in [9.17, 15) is 18.0 Å². The van der Waals surface area contributed by atoms with Crippen molar-refractivity contribution in [1.29, 1.82) is 0 Å². The molecule has 0 aliphatic carbocycles. The second-order valence-corrected chi connectivity index (χ2v) is 10.5. The minimum absolute atomic E-state index is 0.0179. The Labute approximate surface area is 211 Å². The van der Waals surface area contributed by atoms with Gasteiger partial charge in [-0.3, -0.25) is 0 Å². The van der Waals surface area contributed by atoms with Crippen molar-refractivity contribution in [1.82, 2.24) is 5.32 Å². The van der Waals surface area contributed by atoms with E-state index in [2.05, 4.69) is 5.32 Å². The minimum atomic E-state index is -4.03. The molecule has 0 bridgehead atoms. The van der Waals surface area contributed by atoms with Gasteiger partial charge in [-0.2, -0.15) is 8.42 Å². The molecule has 190 valence electrons. The van der Waals surface area contributed by atoms with Crippen molar-refractivity contribution in [3.63, 3.8) is 0 Å². The summed E-state index contributed by atoms with van der Waals surface area (Å²) in [5, 5.41) is 2.56. The number of alkyl carbamates (subject to hydrolysis) is 1. The molecule has 1 amide bonds.